The second-order valence-electron chi connectivity index (χ2n) is 21.3. The van der Waals surface area contributed by atoms with Crippen LogP contribution >= 0.6 is 0 Å². The Hall–Kier alpha value is -3.15. The Kier molecular flexibility index (Phi) is 59.7. The summed E-state index contributed by atoms with van der Waals surface area (Å²) in [5.41, 5.74) is 0. The molecule has 0 radical (unpaired) electrons. The van der Waals surface area contributed by atoms with Gasteiger partial charge < -0.3 is 14.2 Å². The van der Waals surface area contributed by atoms with Crippen LogP contribution in [0.2, 0.25) is 0 Å². The summed E-state index contributed by atoms with van der Waals surface area (Å²) >= 11 is 0. The van der Waals surface area contributed by atoms with Gasteiger partial charge in [0.2, 0.25) is 0 Å². The van der Waals surface area contributed by atoms with E-state index in [1.54, 1.807) is 0 Å². The van der Waals surface area contributed by atoms with Crippen LogP contribution in [-0.4, -0.2) is 37.2 Å². The molecule has 0 fully saturated rings. The molecule has 0 aromatic heterocycles. The Morgan fingerprint density at radius 2 is 0.527 bits per heavy atom. The first-order valence-corrected chi connectivity index (χ1v) is 31.9. The monoisotopic (exact) mass is 1030 g/mol. The summed E-state index contributed by atoms with van der Waals surface area (Å²) in [6, 6.07) is 0. The molecule has 6 heteroatoms. The number of hydrogen-bond acceptors (Lipinski definition) is 6. The first-order valence-electron chi connectivity index (χ1n) is 31.9. The van der Waals surface area contributed by atoms with Crippen molar-refractivity contribution in [2.45, 2.75) is 329 Å². The van der Waals surface area contributed by atoms with E-state index < -0.39 is 6.10 Å². The van der Waals surface area contributed by atoms with Crippen molar-refractivity contribution in [1.29, 1.82) is 0 Å². The smallest absolute Gasteiger partial charge is 0.306 e. The number of allylic oxidation sites excluding steroid dienone is 12. The van der Waals surface area contributed by atoms with Crippen LogP contribution in [0.25, 0.3) is 0 Å². The molecule has 0 aromatic carbocycles. The van der Waals surface area contributed by atoms with Crippen molar-refractivity contribution in [3.05, 3.63) is 72.9 Å². The lowest BCUT2D eigenvalue weighted by molar-refractivity contribution is -0.167. The Morgan fingerprint density at radius 3 is 0.851 bits per heavy atom. The minimum absolute atomic E-state index is 0.0783. The van der Waals surface area contributed by atoms with E-state index in [2.05, 4.69) is 93.7 Å². The summed E-state index contributed by atoms with van der Waals surface area (Å²) < 4.78 is 16.9. The molecule has 0 spiro atoms. The lowest BCUT2D eigenvalue weighted by Crippen LogP contribution is -2.30. The molecule has 0 saturated carbocycles. The normalized spacial score (nSPS) is 12.5. The maximum absolute atomic E-state index is 12.9. The van der Waals surface area contributed by atoms with Crippen LogP contribution in [0.5, 0.6) is 0 Å². The Bertz CT molecular complexity index is 1370. The lowest BCUT2D eigenvalue weighted by Gasteiger charge is -2.18. The number of hydrogen-bond donors (Lipinski definition) is 0. The van der Waals surface area contributed by atoms with Gasteiger partial charge in [0, 0.05) is 19.3 Å². The third-order valence-electron chi connectivity index (χ3n) is 13.9. The van der Waals surface area contributed by atoms with Gasteiger partial charge in [0.05, 0.1) is 0 Å². The van der Waals surface area contributed by atoms with Crippen LogP contribution in [-0.2, 0) is 28.6 Å². The Morgan fingerprint density at radius 1 is 0.284 bits per heavy atom. The van der Waals surface area contributed by atoms with Crippen molar-refractivity contribution in [2.24, 2.45) is 0 Å². The molecule has 1 unspecified atom stereocenters. The van der Waals surface area contributed by atoms with Crippen molar-refractivity contribution in [3.8, 4) is 0 Å². The van der Waals surface area contributed by atoms with E-state index in [1.807, 2.05) is 0 Å². The zero-order valence-corrected chi connectivity index (χ0v) is 49.1. The third kappa shape index (κ3) is 59.7. The van der Waals surface area contributed by atoms with Crippen LogP contribution in [0, 0.1) is 0 Å². The van der Waals surface area contributed by atoms with E-state index in [4.69, 9.17) is 14.2 Å². The first kappa shape index (κ1) is 70.8. The molecule has 0 saturated heterocycles. The van der Waals surface area contributed by atoms with E-state index >= 15 is 0 Å². The topological polar surface area (TPSA) is 78.9 Å². The van der Waals surface area contributed by atoms with Gasteiger partial charge >= 0.3 is 17.9 Å². The number of rotatable bonds is 58. The maximum Gasteiger partial charge on any atom is 0.306 e. The van der Waals surface area contributed by atoms with E-state index in [1.165, 1.54) is 180 Å². The number of esters is 3. The standard InChI is InChI=1S/C68H120O6/c1-4-7-10-13-16-19-22-25-27-28-29-30-31-32-33-34-35-36-37-38-39-40-41-44-46-49-52-55-58-61-67(70)73-64-65(63-72-66(69)60-57-54-51-48-45-42-24-21-18-15-12-9-6-3)74-68(71)62-59-56-53-50-47-43-26-23-20-17-14-11-8-5-2/h7,10,16,19,21,23-27,29-30,65H,4-6,8-9,11-15,17-18,20,22,28,31-64H2,1-3H3/b10-7-,19-16-,24-21-,26-23-,27-25-,30-29-. The summed E-state index contributed by atoms with van der Waals surface area (Å²) in [7, 11) is 0. The molecule has 0 amide bonds. The molecule has 74 heavy (non-hydrogen) atoms. The van der Waals surface area contributed by atoms with E-state index in [0.29, 0.717) is 19.3 Å². The van der Waals surface area contributed by atoms with E-state index in [-0.39, 0.29) is 31.1 Å². The summed E-state index contributed by atoms with van der Waals surface area (Å²) in [6.45, 7) is 6.52. The van der Waals surface area contributed by atoms with Crippen molar-refractivity contribution in [1.82, 2.24) is 0 Å². The van der Waals surface area contributed by atoms with E-state index in [9.17, 15) is 14.4 Å². The van der Waals surface area contributed by atoms with Crippen molar-refractivity contribution in [2.75, 3.05) is 13.2 Å². The molecule has 0 N–H and O–H groups in total. The van der Waals surface area contributed by atoms with Gasteiger partial charge in [-0.05, 0) is 109 Å². The Balaban J connectivity index is 4.19. The fraction of sp³-hybridized carbons (Fsp3) is 0.779. The fourth-order valence-electron chi connectivity index (χ4n) is 9.13. The predicted molar refractivity (Wildman–Crippen MR) is 321 cm³/mol. The highest BCUT2D eigenvalue weighted by molar-refractivity contribution is 5.71. The summed E-state index contributed by atoms with van der Waals surface area (Å²) in [4.78, 5) is 38.2. The zero-order valence-electron chi connectivity index (χ0n) is 49.1. The summed E-state index contributed by atoms with van der Waals surface area (Å²) in [5.74, 6) is -0.882. The number of carbonyl (C=O) groups excluding carboxylic acids is 3. The SMILES string of the molecule is CC/C=C\C/C=C\C/C=C\C/C=C\CCCCCCCCCCCCCCCCCCC(=O)OCC(COC(=O)CCCCCCC/C=C\CCCCCC)OC(=O)CCCCCCC/C=C\CCCCCCC. The van der Waals surface area contributed by atoms with Gasteiger partial charge in [0.15, 0.2) is 6.10 Å². The molecule has 0 heterocycles. The number of ether oxygens (including phenoxy) is 3. The van der Waals surface area contributed by atoms with Gasteiger partial charge in [0.1, 0.15) is 13.2 Å². The average molecular weight is 1030 g/mol. The maximum atomic E-state index is 12.9. The second kappa shape index (κ2) is 62.4. The van der Waals surface area contributed by atoms with Crippen LogP contribution in [0.4, 0.5) is 0 Å². The largest absolute Gasteiger partial charge is 0.462 e. The molecule has 1 atom stereocenters. The molecule has 428 valence electrons. The molecule has 0 aromatic rings. The van der Waals surface area contributed by atoms with Gasteiger partial charge in [-0.25, -0.2) is 0 Å². The van der Waals surface area contributed by atoms with Gasteiger partial charge in [-0.3, -0.25) is 14.4 Å². The van der Waals surface area contributed by atoms with Crippen molar-refractivity contribution in [3.63, 3.8) is 0 Å². The molecular formula is C68H120O6. The van der Waals surface area contributed by atoms with Crippen LogP contribution < -0.4 is 0 Å². The quantitative estimate of drug-likeness (QED) is 0.0261. The first-order chi connectivity index (χ1) is 36.5. The summed E-state index contributed by atoms with van der Waals surface area (Å²) in [6.07, 6.45) is 80.6. The van der Waals surface area contributed by atoms with Gasteiger partial charge in [-0.2, -0.15) is 0 Å². The molecule has 0 rings (SSSR count). The molecule has 0 bridgehead atoms. The fourth-order valence-corrected chi connectivity index (χ4v) is 9.13. The Labute approximate surface area is 459 Å². The molecule has 0 aliphatic rings. The van der Waals surface area contributed by atoms with Crippen molar-refractivity contribution >= 4 is 17.9 Å². The van der Waals surface area contributed by atoms with Crippen LogP contribution in [0.1, 0.15) is 323 Å². The van der Waals surface area contributed by atoms with Crippen LogP contribution in [0.3, 0.4) is 0 Å². The van der Waals surface area contributed by atoms with Gasteiger partial charge in [-0.1, -0.05) is 267 Å². The van der Waals surface area contributed by atoms with Gasteiger partial charge in [-0.15, -0.1) is 0 Å². The molecule has 0 aliphatic heterocycles. The van der Waals surface area contributed by atoms with Crippen LogP contribution in [0.15, 0.2) is 72.9 Å². The predicted octanol–water partition coefficient (Wildman–Crippen LogP) is 21.7. The minimum atomic E-state index is -0.781. The molecular weight excluding hydrogens is 913 g/mol. The highest BCUT2D eigenvalue weighted by Gasteiger charge is 2.19. The number of unbranched alkanes of at least 4 members (excludes halogenated alkanes) is 35. The van der Waals surface area contributed by atoms with Gasteiger partial charge in [0.25, 0.3) is 0 Å². The third-order valence-corrected chi connectivity index (χ3v) is 13.9. The molecule has 6 nitrogen and oxygen atoms in total. The minimum Gasteiger partial charge on any atom is -0.462 e. The summed E-state index contributed by atoms with van der Waals surface area (Å²) in [5, 5.41) is 0. The molecule has 0 aliphatic carbocycles. The second-order valence-corrected chi connectivity index (χ2v) is 21.3. The van der Waals surface area contributed by atoms with Crippen molar-refractivity contribution < 1.29 is 28.6 Å². The number of carbonyl (C=O) groups is 3. The zero-order chi connectivity index (χ0) is 53.6. The van der Waals surface area contributed by atoms with E-state index in [0.717, 1.165) is 103 Å². The highest BCUT2D eigenvalue weighted by Crippen LogP contribution is 2.17. The highest BCUT2D eigenvalue weighted by atomic mass is 16.6. The lowest BCUT2D eigenvalue weighted by atomic mass is 10.0. The average Bonchev–Trinajstić information content (AvgIpc) is 3.40.